The topological polar surface area (TPSA) is 12.9 Å². The normalized spacial score (nSPS) is 11.8. The number of hydrogen-bond donors (Lipinski definition) is 0. The quantitative estimate of drug-likeness (QED) is 0.619. The molecular formula is C7H4Cl2F3N. The first-order valence-corrected chi connectivity index (χ1v) is 3.98. The molecule has 13 heavy (non-hydrogen) atoms. The summed E-state index contributed by atoms with van der Waals surface area (Å²) in [6.07, 6.45) is -4.49. The fourth-order valence-electron chi connectivity index (χ4n) is 0.826. The molecule has 1 rings (SSSR count). The lowest BCUT2D eigenvalue weighted by Crippen LogP contribution is -2.07. The second-order valence-electron chi connectivity index (χ2n) is 2.41. The number of pyridine rings is 1. The second-order valence-corrected chi connectivity index (χ2v) is 3.15. The Kier molecular flexibility index (Phi) is 2.73. The molecule has 0 spiro atoms. The zero-order chi connectivity index (χ0) is 10.2. The van der Waals surface area contributed by atoms with E-state index in [1.165, 1.54) is 6.92 Å². The SMILES string of the molecule is Cc1cc(C(F)(F)F)c(Cl)c(Cl)n1. The summed E-state index contributed by atoms with van der Waals surface area (Å²) in [5.41, 5.74) is -0.770. The number of rotatable bonds is 0. The van der Waals surface area contributed by atoms with Crippen molar-refractivity contribution < 1.29 is 13.2 Å². The number of aromatic nitrogens is 1. The van der Waals surface area contributed by atoms with Gasteiger partial charge in [-0.15, -0.1) is 0 Å². The van der Waals surface area contributed by atoms with Gasteiger partial charge in [0, 0.05) is 5.69 Å². The van der Waals surface area contributed by atoms with Gasteiger partial charge in [0.1, 0.15) is 5.15 Å². The van der Waals surface area contributed by atoms with Gasteiger partial charge in [-0.1, -0.05) is 23.2 Å². The first kappa shape index (κ1) is 10.6. The van der Waals surface area contributed by atoms with Crippen LogP contribution in [0.2, 0.25) is 10.2 Å². The van der Waals surface area contributed by atoms with E-state index in [4.69, 9.17) is 23.2 Å². The van der Waals surface area contributed by atoms with Crippen molar-refractivity contribution in [2.75, 3.05) is 0 Å². The van der Waals surface area contributed by atoms with Gasteiger partial charge in [0.25, 0.3) is 0 Å². The van der Waals surface area contributed by atoms with Crippen LogP contribution in [0.15, 0.2) is 6.07 Å². The summed E-state index contributed by atoms with van der Waals surface area (Å²) < 4.78 is 36.7. The molecule has 0 saturated carbocycles. The Morgan fingerprint density at radius 2 is 1.85 bits per heavy atom. The van der Waals surface area contributed by atoms with Crippen LogP contribution in [0.5, 0.6) is 0 Å². The van der Waals surface area contributed by atoms with E-state index >= 15 is 0 Å². The van der Waals surface area contributed by atoms with Gasteiger partial charge in [-0.25, -0.2) is 4.98 Å². The Morgan fingerprint density at radius 3 is 2.31 bits per heavy atom. The van der Waals surface area contributed by atoms with Gasteiger partial charge in [-0.05, 0) is 13.0 Å². The summed E-state index contributed by atoms with van der Waals surface area (Å²) >= 11 is 10.7. The number of alkyl halides is 3. The molecule has 1 aromatic rings. The smallest absolute Gasteiger partial charge is 0.240 e. The third-order valence-electron chi connectivity index (χ3n) is 1.35. The third-order valence-corrected chi connectivity index (χ3v) is 2.10. The lowest BCUT2D eigenvalue weighted by Gasteiger charge is -2.09. The van der Waals surface area contributed by atoms with Gasteiger partial charge in [0.15, 0.2) is 0 Å². The second kappa shape index (κ2) is 3.35. The minimum atomic E-state index is -4.49. The van der Waals surface area contributed by atoms with Crippen LogP contribution in [0.3, 0.4) is 0 Å². The maximum absolute atomic E-state index is 12.2. The van der Waals surface area contributed by atoms with Crippen molar-refractivity contribution in [1.82, 2.24) is 4.98 Å². The zero-order valence-corrected chi connectivity index (χ0v) is 7.93. The monoisotopic (exact) mass is 229 g/mol. The van der Waals surface area contributed by atoms with Crippen LogP contribution >= 0.6 is 23.2 Å². The molecule has 0 aromatic carbocycles. The molecule has 0 unspecified atom stereocenters. The van der Waals surface area contributed by atoms with Crippen LogP contribution in [0.1, 0.15) is 11.3 Å². The highest BCUT2D eigenvalue weighted by atomic mass is 35.5. The highest BCUT2D eigenvalue weighted by molar-refractivity contribution is 6.41. The molecule has 6 heteroatoms. The minimum Gasteiger partial charge on any atom is -0.240 e. The summed E-state index contributed by atoms with van der Waals surface area (Å²) in [7, 11) is 0. The number of hydrogen-bond acceptors (Lipinski definition) is 1. The minimum absolute atomic E-state index is 0.182. The van der Waals surface area contributed by atoms with Crippen molar-refractivity contribution in [3.63, 3.8) is 0 Å². The molecule has 0 saturated heterocycles. The fraction of sp³-hybridized carbons (Fsp3) is 0.286. The van der Waals surface area contributed by atoms with Gasteiger partial charge >= 0.3 is 6.18 Å². The van der Waals surface area contributed by atoms with Crippen LogP contribution < -0.4 is 0 Å². The van der Waals surface area contributed by atoms with Gasteiger partial charge in [-0.2, -0.15) is 13.2 Å². The van der Waals surface area contributed by atoms with Crippen LogP contribution in [0, 0.1) is 6.92 Å². The lowest BCUT2D eigenvalue weighted by molar-refractivity contribution is -0.137. The average Bonchev–Trinajstić information content (AvgIpc) is 1.94. The Balaban J connectivity index is 3.37. The van der Waals surface area contributed by atoms with E-state index < -0.39 is 16.8 Å². The van der Waals surface area contributed by atoms with E-state index in [1.54, 1.807) is 0 Å². The van der Waals surface area contributed by atoms with Crippen LogP contribution in [-0.4, -0.2) is 4.98 Å². The van der Waals surface area contributed by atoms with E-state index in [-0.39, 0.29) is 10.8 Å². The van der Waals surface area contributed by atoms with Gasteiger partial charge in [0.05, 0.1) is 10.6 Å². The Morgan fingerprint density at radius 1 is 1.31 bits per heavy atom. The summed E-state index contributed by atoms with van der Waals surface area (Å²) in [4.78, 5) is 3.58. The van der Waals surface area contributed by atoms with Crippen LogP contribution in [0.25, 0.3) is 0 Å². The molecule has 72 valence electrons. The van der Waals surface area contributed by atoms with Crippen molar-refractivity contribution >= 4 is 23.2 Å². The van der Waals surface area contributed by atoms with Crippen molar-refractivity contribution in [2.45, 2.75) is 13.1 Å². The molecule has 1 heterocycles. The summed E-state index contributed by atoms with van der Waals surface area (Å²) in [5, 5.41) is -0.881. The summed E-state index contributed by atoms with van der Waals surface area (Å²) in [5.74, 6) is 0. The van der Waals surface area contributed by atoms with Crippen LogP contribution in [-0.2, 0) is 6.18 Å². The van der Waals surface area contributed by atoms with Crippen molar-refractivity contribution in [3.8, 4) is 0 Å². The molecule has 0 radical (unpaired) electrons. The lowest BCUT2D eigenvalue weighted by atomic mass is 10.2. The first-order valence-electron chi connectivity index (χ1n) is 3.22. The molecule has 1 aromatic heterocycles. The maximum Gasteiger partial charge on any atom is 0.418 e. The molecule has 0 fully saturated rings. The van der Waals surface area contributed by atoms with Gasteiger partial charge in [0.2, 0.25) is 0 Å². The number of halogens is 5. The Bertz CT molecular complexity index is 335. The molecule has 0 aliphatic carbocycles. The van der Waals surface area contributed by atoms with E-state index in [2.05, 4.69) is 4.98 Å². The Hall–Kier alpha value is -0.480. The predicted octanol–water partition coefficient (Wildman–Crippen LogP) is 3.72. The molecular weight excluding hydrogens is 226 g/mol. The molecule has 0 atom stereocenters. The van der Waals surface area contributed by atoms with E-state index in [1.807, 2.05) is 0 Å². The number of aryl methyl sites for hydroxylation is 1. The predicted molar refractivity (Wildman–Crippen MR) is 44.0 cm³/mol. The van der Waals surface area contributed by atoms with E-state index in [0.717, 1.165) is 6.07 Å². The van der Waals surface area contributed by atoms with Crippen molar-refractivity contribution in [3.05, 3.63) is 27.5 Å². The largest absolute Gasteiger partial charge is 0.418 e. The van der Waals surface area contributed by atoms with E-state index in [0.29, 0.717) is 0 Å². The molecule has 0 amide bonds. The van der Waals surface area contributed by atoms with Crippen LogP contribution in [0.4, 0.5) is 13.2 Å². The summed E-state index contributed by atoms with van der Waals surface area (Å²) in [6, 6.07) is 0.855. The highest BCUT2D eigenvalue weighted by Crippen LogP contribution is 2.37. The third kappa shape index (κ3) is 2.25. The molecule has 1 nitrogen and oxygen atoms in total. The van der Waals surface area contributed by atoms with E-state index in [9.17, 15) is 13.2 Å². The Labute approximate surface area is 82.5 Å². The fourth-order valence-corrected chi connectivity index (χ4v) is 1.26. The highest BCUT2D eigenvalue weighted by Gasteiger charge is 2.34. The molecule has 0 N–H and O–H groups in total. The average molecular weight is 230 g/mol. The zero-order valence-electron chi connectivity index (χ0n) is 6.41. The van der Waals surface area contributed by atoms with Crippen molar-refractivity contribution in [1.29, 1.82) is 0 Å². The molecule has 0 bridgehead atoms. The van der Waals surface area contributed by atoms with Gasteiger partial charge < -0.3 is 0 Å². The first-order chi connectivity index (χ1) is 5.82. The number of nitrogens with zero attached hydrogens (tertiary/aromatic N) is 1. The summed E-state index contributed by atoms with van der Waals surface area (Å²) in [6.45, 7) is 1.41. The molecule has 0 aliphatic heterocycles. The molecule has 0 aliphatic rings. The van der Waals surface area contributed by atoms with Crippen molar-refractivity contribution in [2.24, 2.45) is 0 Å². The maximum atomic E-state index is 12.2. The standard InChI is InChI=1S/C7H4Cl2F3N/c1-3-2-4(7(10,11)12)5(8)6(9)13-3/h2H,1H3. The van der Waals surface area contributed by atoms with Gasteiger partial charge in [-0.3, -0.25) is 0 Å².